The molecule has 3 rings (SSSR count). The van der Waals surface area contributed by atoms with Crippen molar-refractivity contribution in [2.45, 2.75) is 32.2 Å². The molecular formula is C15H18N2O2. The zero-order chi connectivity index (χ0) is 13.4. The Bertz CT molecular complexity index is 614. The third-order valence-electron chi connectivity index (χ3n) is 3.77. The van der Waals surface area contributed by atoms with E-state index in [1.165, 1.54) is 7.11 Å². The maximum absolute atomic E-state index is 12.1. The number of hydrogen-bond acceptors (Lipinski definition) is 3. The second kappa shape index (κ2) is 4.68. The monoisotopic (exact) mass is 258 g/mol. The van der Waals surface area contributed by atoms with Crippen LogP contribution in [-0.2, 0) is 16.0 Å². The van der Waals surface area contributed by atoms with E-state index in [2.05, 4.69) is 16.5 Å². The highest BCUT2D eigenvalue weighted by Crippen LogP contribution is 2.42. The molecule has 0 aliphatic heterocycles. The molecule has 4 nitrogen and oxygen atoms in total. The van der Waals surface area contributed by atoms with Crippen molar-refractivity contribution < 1.29 is 9.53 Å². The Balaban J connectivity index is 2.18. The standard InChI is InChI=1S/C15H18N2O2/c1-3-13-16-11-6-4-5-7-12(11)17(13)14(10-8-9-10)15(18)19-2/h4-7,10,14H,3,8-9H2,1-2H3. The second-order valence-electron chi connectivity index (χ2n) is 5.05. The van der Waals surface area contributed by atoms with Crippen molar-refractivity contribution >= 4 is 17.0 Å². The predicted octanol–water partition coefficient (Wildman–Crippen LogP) is 2.72. The first-order valence-electron chi connectivity index (χ1n) is 6.80. The number of benzene rings is 1. The van der Waals surface area contributed by atoms with Crippen molar-refractivity contribution in [2.75, 3.05) is 7.11 Å². The Morgan fingerprint density at radius 2 is 2.21 bits per heavy atom. The molecule has 1 aromatic carbocycles. The van der Waals surface area contributed by atoms with Gasteiger partial charge in [-0.2, -0.15) is 0 Å². The van der Waals surface area contributed by atoms with Gasteiger partial charge in [0.25, 0.3) is 0 Å². The Morgan fingerprint density at radius 1 is 1.47 bits per heavy atom. The number of nitrogens with zero attached hydrogens (tertiary/aromatic N) is 2. The minimum Gasteiger partial charge on any atom is -0.467 e. The molecule has 1 fully saturated rings. The van der Waals surface area contributed by atoms with Gasteiger partial charge in [-0.25, -0.2) is 9.78 Å². The zero-order valence-electron chi connectivity index (χ0n) is 11.3. The number of carbonyl (C=O) groups is 1. The first kappa shape index (κ1) is 12.2. The van der Waals surface area contributed by atoms with Crippen molar-refractivity contribution in [1.82, 2.24) is 9.55 Å². The predicted molar refractivity (Wildman–Crippen MR) is 72.9 cm³/mol. The number of fused-ring (bicyclic) bond motifs is 1. The number of esters is 1. The minimum atomic E-state index is -0.215. The summed E-state index contributed by atoms with van der Waals surface area (Å²) >= 11 is 0. The van der Waals surface area contributed by atoms with Crippen LogP contribution in [0, 0.1) is 5.92 Å². The fourth-order valence-electron chi connectivity index (χ4n) is 2.70. The lowest BCUT2D eigenvalue weighted by molar-refractivity contribution is -0.145. The molecule has 1 saturated carbocycles. The summed E-state index contributed by atoms with van der Waals surface area (Å²) in [6, 6.07) is 7.77. The number of para-hydroxylation sites is 2. The highest BCUT2D eigenvalue weighted by atomic mass is 16.5. The van der Waals surface area contributed by atoms with Gasteiger partial charge in [0.2, 0.25) is 0 Å². The van der Waals surface area contributed by atoms with Crippen LogP contribution in [0.1, 0.15) is 31.6 Å². The highest BCUT2D eigenvalue weighted by Gasteiger charge is 2.40. The Morgan fingerprint density at radius 3 is 2.84 bits per heavy atom. The molecule has 1 atom stereocenters. The second-order valence-corrected chi connectivity index (χ2v) is 5.05. The molecule has 4 heteroatoms. The van der Waals surface area contributed by atoms with Crippen LogP contribution in [0.3, 0.4) is 0 Å². The molecule has 100 valence electrons. The van der Waals surface area contributed by atoms with E-state index in [0.717, 1.165) is 36.1 Å². The topological polar surface area (TPSA) is 44.1 Å². The molecule has 1 aromatic heterocycles. The fourth-order valence-corrected chi connectivity index (χ4v) is 2.70. The van der Waals surface area contributed by atoms with Crippen LogP contribution in [0.4, 0.5) is 0 Å². The quantitative estimate of drug-likeness (QED) is 0.792. The molecule has 0 N–H and O–H groups in total. The molecule has 0 amide bonds. The Kier molecular flexibility index (Phi) is 3.01. The lowest BCUT2D eigenvalue weighted by atomic mass is 10.1. The van der Waals surface area contributed by atoms with Gasteiger partial charge >= 0.3 is 5.97 Å². The molecule has 1 heterocycles. The summed E-state index contributed by atoms with van der Waals surface area (Å²) < 4.78 is 7.08. The molecule has 0 saturated heterocycles. The third-order valence-corrected chi connectivity index (χ3v) is 3.77. The summed E-state index contributed by atoms with van der Waals surface area (Å²) in [6.07, 6.45) is 3.00. The minimum absolute atomic E-state index is 0.152. The lowest BCUT2D eigenvalue weighted by Gasteiger charge is -2.18. The van der Waals surface area contributed by atoms with E-state index in [9.17, 15) is 4.79 Å². The Labute approximate surface area is 112 Å². The number of imidazole rings is 1. The van der Waals surface area contributed by atoms with E-state index < -0.39 is 0 Å². The van der Waals surface area contributed by atoms with Crippen LogP contribution in [0.5, 0.6) is 0 Å². The molecule has 2 aromatic rings. The maximum Gasteiger partial charge on any atom is 0.329 e. The largest absolute Gasteiger partial charge is 0.467 e. The van der Waals surface area contributed by atoms with Gasteiger partial charge in [0.15, 0.2) is 0 Å². The SMILES string of the molecule is CCc1nc2ccccc2n1C(C(=O)OC)C1CC1. The van der Waals surface area contributed by atoms with Crippen molar-refractivity contribution in [3.05, 3.63) is 30.1 Å². The zero-order valence-corrected chi connectivity index (χ0v) is 11.3. The highest BCUT2D eigenvalue weighted by molar-refractivity contribution is 5.81. The van der Waals surface area contributed by atoms with Crippen LogP contribution in [-0.4, -0.2) is 22.6 Å². The summed E-state index contributed by atoms with van der Waals surface area (Å²) in [5.41, 5.74) is 1.98. The molecule has 1 unspecified atom stereocenters. The molecule has 19 heavy (non-hydrogen) atoms. The van der Waals surface area contributed by atoms with Crippen LogP contribution < -0.4 is 0 Å². The first-order chi connectivity index (χ1) is 9.26. The number of aryl methyl sites for hydroxylation is 1. The van der Waals surface area contributed by atoms with Gasteiger partial charge in [0, 0.05) is 6.42 Å². The normalized spacial score (nSPS) is 16.5. The average Bonchev–Trinajstić information content (AvgIpc) is 3.20. The molecule has 0 radical (unpaired) electrons. The van der Waals surface area contributed by atoms with E-state index in [1.54, 1.807) is 0 Å². The Hall–Kier alpha value is -1.84. The van der Waals surface area contributed by atoms with Crippen LogP contribution >= 0.6 is 0 Å². The molecule has 1 aliphatic carbocycles. The van der Waals surface area contributed by atoms with Gasteiger partial charge in [0.05, 0.1) is 18.1 Å². The molecule has 0 bridgehead atoms. The number of hydrogen-bond donors (Lipinski definition) is 0. The van der Waals surface area contributed by atoms with E-state index in [0.29, 0.717) is 5.92 Å². The summed E-state index contributed by atoms with van der Waals surface area (Å²) in [4.78, 5) is 16.8. The van der Waals surface area contributed by atoms with Gasteiger partial charge in [-0.05, 0) is 30.9 Å². The van der Waals surface area contributed by atoms with E-state index in [4.69, 9.17) is 4.74 Å². The van der Waals surface area contributed by atoms with Crippen molar-refractivity contribution in [1.29, 1.82) is 0 Å². The van der Waals surface area contributed by atoms with Crippen molar-refractivity contribution in [3.8, 4) is 0 Å². The van der Waals surface area contributed by atoms with Crippen LogP contribution in [0.15, 0.2) is 24.3 Å². The first-order valence-corrected chi connectivity index (χ1v) is 6.80. The van der Waals surface area contributed by atoms with Crippen molar-refractivity contribution in [2.24, 2.45) is 5.92 Å². The van der Waals surface area contributed by atoms with E-state index >= 15 is 0 Å². The molecule has 1 aliphatic rings. The maximum atomic E-state index is 12.1. The summed E-state index contributed by atoms with van der Waals surface area (Å²) in [6.45, 7) is 2.07. The molecule has 0 spiro atoms. The smallest absolute Gasteiger partial charge is 0.329 e. The van der Waals surface area contributed by atoms with Gasteiger partial charge in [-0.1, -0.05) is 19.1 Å². The van der Waals surface area contributed by atoms with Crippen LogP contribution in [0.25, 0.3) is 11.0 Å². The van der Waals surface area contributed by atoms with Gasteiger partial charge in [-0.3, -0.25) is 0 Å². The lowest BCUT2D eigenvalue weighted by Crippen LogP contribution is -2.24. The van der Waals surface area contributed by atoms with Gasteiger partial charge < -0.3 is 9.30 Å². The number of ether oxygens (including phenoxy) is 1. The summed E-state index contributed by atoms with van der Waals surface area (Å²) in [7, 11) is 1.46. The third kappa shape index (κ3) is 2.01. The van der Waals surface area contributed by atoms with Gasteiger partial charge in [-0.15, -0.1) is 0 Å². The number of methoxy groups -OCH3 is 1. The van der Waals surface area contributed by atoms with E-state index in [1.807, 2.05) is 24.3 Å². The summed E-state index contributed by atoms with van der Waals surface area (Å²) in [5.74, 6) is 1.21. The average molecular weight is 258 g/mol. The van der Waals surface area contributed by atoms with Crippen molar-refractivity contribution in [3.63, 3.8) is 0 Å². The number of rotatable bonds is 4. The fraction of sp³-hybridized carbons (Fsp3) is 0.467. The van der Waals surface area contributed by atoms with Crippen LogP contribution in [0.2, 0.25) is 0 Å². The number of carbonyl (C=O) groups excluding carboxylic acids is 1. The molecular weight excluding hydrogens is 240 g/mol. The number of aromatic nitrogens is 2. The van der Waals surface area contributed by atoms with Gasteiger partial charge in [0.1, 0.15) is 11.9 Å². The summed E-state index contributed by atoms with van der Waals surface area (Å²) in [5, 5.41) is 0. The van der Waals surface area contributed by atoms with E-state index in [-0.39, 0.29) is 12.0 Å².